The van der Waals surface area contributed by atoms with Crippen molar-refractivity contribution in [2.24, 2.45) is 5.41 Å². The molecule has 96 valence electrons. The van der Waals surface area contributed by atoms with Gasteiger partial charge >= 0.3 is 18.0 Å². The summed E-state index contributed by atoms with van der Waals surface area (Å²) in [6.45, 7) is 2.48. The van der Waals surface area contributed by atoms with E-state index in [1.807, 2.05) is 6.92 Å². The van der Waals surface area contributed by atoms with Crippen molar-refractivity contribution in [3.05, 3.63) is 0 Å². The number of carboxylic acids is 2. The summed E-state index contributed by atoms with van der Waals surface area (Å²) in [5.41, 5.74) is 0.114. The van der Waals surface area contributed by atoms with E-state index in [0.717, 1.165) is 12.8 Å². The van der Waals surface area contributed by atoms with Gasteiger partial charge in [0.1, 0.15) is 6.04 Å². The lowest BCUT2D eigenvalue weighted by Crippen LogP contribution is -2.47. The van der Waals surface area contributed by atoms with Gasteiger partial charge in [0.25, 0.3) is 0 Å². The summed E-state index contributed by atoms with van der Waals surface area (Å²) in [4.78, 5) is 32.4. The normalized spacial score (nSPS) is 17.9. The molecule has 1 aliphatic carbocycles. The molecule has 1 fully saturated rings. The number of carboxylic acid groups (broad SMARTS) is 2. The fourth-order valence-corrected chi connectivity index (χ4v) is 1.27. The maximum Gasteiger partial charge on any atom is 0.326 e. The summed E-state index contributed by atoms with van der Waals surface area (Å²) in [7, 11) is 0. The third-order valence-electron chi connectivity index (χ3n) is 2.76. The lowest BCUT2D eigenvalue weighted by molar-refractivity contribution is -0.145. The van der Waals surface area contributed by atoms with Gasteiger partial charge in [0.2, 0.25) is 0 Å². The number of urea groups is 1. The molecule has 1 atom stereocenters. The Labute approximate surface area is 98.2 Å². The van der Waals surface area contributed by atoms with Crippen LogP contribution in [0.1, 0.15) is 26.2 Å². The van der Waals surface area contributed by atoms with Crippen molar-refractivity contribution in [2.45, 2.75) is 32.2 Å². The van der Waals surface area contributed by atoms with E-state index in [0.29, 0.717) is 6.54 Å². The maximum absolute atomic E-state index is 11.3. The summed E-state index contributed by atoms with van der Waals surface area (Å²) in [5.74, 6) is -2.63. The van der Waals surface area contributed by atoms with Crippen LogP contribution in [0.5, 0.6) is 0 Å². The first-order valence-corrected chi connectivity index (χ1v) is 5.31. The van der Waals surface area contributed by atoms with Crippen molar-refractivity contribution < 1.29 is 24.6 Å². The quantitative estimate of drug-likeness (QED) is 0.525. The van der Waals surface area contributed by atoms with E-state index in [1.165, 1.54) is 0 Å². The Bertz CT molecular complexity index is 338. The van der Waals surface area contributed by atoms with E-state index in [9.17, 15) is 14.4 Å². The Morgan fingerprint density at radius 2 is 1.88 bits per heavy atom. The van der Waals surface area contributed by atoms with Gasteiger partial charge in [-0.1, -0.05) is 6.92 Å². The zero-order valence-corrected chi connectivity index (χ0v) is 9.52. The average Bonchev–Trinajstić information content (AvgIpc) is 2.93. The summed E-state index contributed by atoms with van der Waals surface area (Å²) >= 11 is 0. The topological polar surface area (TPSA) is 116 Å². The number of rotatable bonds is 6. The Morgan fingerprint density at radius 1 is 1.29 bits per heavy atom. The van der Waals surface area contributed by atoms with Crippen molar-refractivity contribution in [1.29, 1.82) is 0 Å². The maximum atomic E-state index is 11.3. The summed E-state index contributed by atoms with van der Waals surface area (Å²) in [5, 5.41) is 21.8. The molecule has 0 aromatic heterocycles. The van der Waals surface area contributed by atoms with Crippen molar-refractivity contribution in [3.63, 3.8) is 0 Å². The first-order chi connectivity index (χ1) is 7.82. The summed E-state index contributed by atoms with van der Waals surface area (Å²) < 4.78 is 0. The van der Waals surface area contributed by atoms with Crippen LogP contribution in [0.15, 0.2) is 0 Å². The fraction of sp³-hybridized carbons (Fsp3) is 0.700. The van der Waals surface area contributed by atoms with Crippen molar-refractivity contribution in [1.82, 2.24) is 10.6 Å². The van der Waals surface area contributed by atoms with Gasteiger partial charge in [0, 0.05) is 6.54 Å². The molecule has 0 saturated heterocycles. The second kappa shape index (κ2) is 5.03. The van der Waals surface area contributed by atoms with Gasteiger partial charge in [0.15, 0.2) is 0 Å². The highest BCUT2D eigenvalue weighted by atomic mass is 16.4. The predicted octanol–water partition coefficient (Wildman–Crippen LogP) is 0.0136. The molecule has 1 rings (SSSR count). The van der Waals surface area contributed by atoms with Crippen molar-refractivity contribution in [2.75, 3.05) is 6.54 Å². The van der Waals surface area contributed by atoms with Crippen LogP contribution in [0.2, 0.25) is 0 Å². The molecular weight excluding hydrogens is 228 g/mol. The predicted molar refractivity (Wildman–Crippen MR) is 57.6 cm³/mol. The number of carbonyl (C=O) groups excluding carboxylic acids is 1. The number of hydrogen-bond acceptors (Lipinski definition) is 3. The highest BCUT2D eigenvalue weighted by Gasteiger charge is 2.37. The molecular formula is C10H16N2O5. The Hall–Kier alpha value is -1.79. The number of aliphatic carboxylic acids is 2. The zero-order valence-electron chi connectivity index (χ0n) is 9.52. The summed E-state index contributed by atoms with van der Waals surface area (Å²) in [6.07, 6.45) is 1.43. The minimum absolute atomic E-state index is 0.114. The molecule has 0 heterocycles. The average molecular weight is 244 g/mol. The molecule has 0 radical (unpaired) electrons. The Balaban J connectivity index is 2.35. The van der Waals surface area contributed by atoms with Crippen LogP contribution in [-0.2, 0) is 9.59 Å². The van der Waals surface area contributed by atoms with Crippen LogP contribution < -0.4 is 10.6 Å². The molecule has 7 heteroatoms. The van der Waals surface area contributed by atoms with Crippen LogP contribution in [-0.4, -0.2) is 40.8 Å². The lowest BCUT2D eigenvalue weighted by Gasteiger charge is -2.15. The third-order valence-corrected chi connectivity index (χ3v) is 2.76. The first kappa shape index (κ1) is 13.3. The monoisotopic (exact) mass is 244 g/mol. The van der Waals surface area contributed by atoms with Crippen LogP contribution >= 0.6 is 0 Å². The molecule has 1 aliphatic rings. The van der Waals surface area contributed by atoms with Crippen molar-refractivity contribution in [3.8, 4) is 0 Å². The molecule has 0 spiro atoms. The minimum atomic E-state index is -1.40. The number of nitrogens with one attached hydrogen (secondary N) is 2. The SMILES string of the molecule is CC1(CNC(=O)N[C@H](CC(=O)O)C(=O)O)CC1. The number of carbonyl (C=O) groups is 3. The van der Waals surface area contributed by atoms with E-state index in [1.54, 1.807) is 0 Å². The lowest BCUT2D eigenvalue weighted by atomic mass is 10.1. The highest BCUT2D eigenvalue weighted by Crippen LogP contribution is 2.43. The van der Waals surface area contributed by atoms with Gasteiger partial charge in [-0.05, 0) is 18.3 Å². The molecule has 0 aromatic carbocycles. The zero-order chi connectivity index (χ0) is 13.1. The first-order valence-electron chi connectivity index (χ1n) is 5.31. The van der Waals surface area contributed by atoms with Gasteiger partial charge in [-0.2, -0.15) is 0 Å². The molecule has 0 bridgehead atoms. The third kappa shape index (κ3) is 4.71. The van der Waals surface area contributed by atoms with Gasteiger partial charge in [-0.15, -0.1) is 0 Å². The van der Waals surface area contributed by atoms with Crippen LogP contribution in [0.3, 0.4) is 0 Å². The molecule has 0 aliphatic heterocycles. The largest absolute Gasteiger partial charge is 0.481 e. The second-order valence-electron chi connectivity index (χ2n) is 4.63. The van der Waals surface area contributed by atoms with Crippen molar-refractivity contribution >= 4 is 18.0 Å². The number of amides is 2. The summed E-state index contributed by atoms with van der Waals surface area (Å²) in [6, 6.07) is -2.05. The van der Waals surface area contributed by atoms with E-state index >= 15 is 0 Å². The van der Waals surface area contributed by atoms with Gasteiger partial charge in [-0.3, -0.25) is 4.79 Å². The standard InChI is InChI=1S/C10H16N2O5/c1-10(2-3-10)5-11-9(17)12-6(8(15)16)4-7(13)14/h6H,2-5H2,1H3,(H,13,14)(H,15,16)(H2,11,12,17)/t6-/m1/s1. The molecule has 4 N–H and O–H groups in total. The molecule has 7 nitrogen and oxygen atoms in total. The van der Waals surface area contributed by atoms with Crippen LogP contribution in [0.25, 0.3) is 0 Å². The number of hydrogen-bond donors (Lipinski definition) is 4. The van der Waals surface area contributed by atoms with E-state index in [2.05, 4.69) is 10.6 Å². The van der Waals surface area contributed by atoms with Crippen LogP contribution in [0.4, 0.5) is 4.79 Å². The van der Waals surface area contributed by atoms with Gasteiger partial charge < -0.3 is 20.8 Å². The minimum Gasteiger partial charge on any atom is -0.481 e. The van der Waals surface area contributed by atoms with E-state index < -0.39 is 30.4 Å². The van der Waals surface area contributed by atoms with Gasteiger partial charge in [-0.25, -0.2) is 9.59 Å². The second-order valence-corrected chi connectivity index (χ2v) is 4.63. The molecule has 0 unspecified atom stereocenters. The highest BCUT2D eigenvalue weighted by molar-refractivity contribution is 5.86. The van der Waals surface area contributed by atoms with Crippen LogP contribution in [0, 0.1) is 5.41 Å². The molecule has 1 saturated carbocycles. The molecule has 0 aromatic rings. The van der Waals surface area contributed by atoms with Gasteiger partial charge in [0.05, 0.1) is 6.42 Å². The van der Waals surface area contributed by atoms with E-state index in [4.69, 9.17) is 10.2 Å². The fourth-order valence-electron chi connectivity index (χ4n) is 1.27. The smallest absolute Gasteiger partial charge is 0.326 e. The Morgan fingerprint density at radius 3 is 2.29 bits per heavy atom. The van der Waals surface area contributed by atoms with E-state index in [-0.39, 0.29) is 5.41 Å². The molecule has 2 amide bonds. The molecule has 17 heavy (non-hydrogen) atoms. The Kier molecular flexibility index (Phi) is 3.93.